The van der Waals surface area contributed by atoms with Crippen LogP contribution in [0.5, 0.6) is 0 Å². The number of ether oxygens (including phenoxy) is 1. The van der Waals surface area contributed by atoms with Crippen molar-refractivity contribution in [1.82, 2.24) is 10.3 Å². The highest BCUT2D eigenvalue weighted by molar-refractivity contribution is 6.56. The summed E-state index contributed by atoms with van der Waals surface area (Å²) >= 11 is 0. The maximum absolute atomic E-state index is 12.2. The van der Waals surface area contributed by atoms with Gasteiger partial charge in [0, 0.05) is 12.7 Å². The third-order valence-electron chi connectivity index (χ3n) is 5.57. The molecule has 164 valence electrons. The molecule has 1 aromatic heterocycles. The standard InChI is InChI=1S/C23H29BN2O5/c1-22(2)23(3,4)31-24(30-22)19(12-20-11-10-18(15-27)13-25-20)14-26-21(28)29-16-17-8-6-5-7-9-17/h5-13,27H,14-16H2,1-4H3,(H,26,28). The fourth-order valence-corrected chi connectivity index (χ4v) is 2.95. The molecule has 31 heavy (non-hydrogen) atoms. The number of carbonyl (C=O) groups excluding carboxylic acids is 1. The van der Waals surface area contributed by atoms with E-state index in [-0.39, 0.29) is 19.8 Å². The fourth-order valence-electron chi connectivity index (χ4n) is 2.95. The van der Waals surface area contributed by atoms with Crippen LogP contribution < -0.4 is 5.32 Å². The van der Waals surface area contributed by atoms with Gasteiger partial charge in [0.1, 0.15) is 6.61 Å². The van der Waals surface area contributed by atoms with E-state index < -0.39 is 24.4 Å². The summed E-state index contributed by atoms with van der Waals surface area (Å²) in [5, 5.41) is 12.0. The zero-order chi connectivity index (χ0) is 22.5. The average Bonchev–Trinajstić information content (AvgIpc) is 2.97. The molecule has 1 fully saturated rings. The maximum atomic E-state index is 12.2. The highest BCUT2D eigenvalue weighted by Gasteiger charge is 2.52. The lowest BCUT2D eigenvalue weighted by atomic mass is 9.77. The van der Waals surface area contributed by atoms with Crippen LogP contribution in [0.3, 0.4) is 0 Å². The van der Waals surface area contributed by atoms with Gasteiger partial charge in [-0.3, -0.25) is 4.98 Å². The molecule has 1 aliphatic heterocycles. The summed E-state index contributed by atoms with van der Waals surface area (Å²) in [5.41, 5.74) is 1.97. The van der Waals surface area contributed by atoms with Crippen LogP contribution in [0.4, 0.5) is 4.79 Å². The van der Waals surface area contributed by atoms with Crippen LogP contribution in [0.25, 0.3) is 6.08 Å². The molecule has 3 rings (SSSR count). The number of pyridine rings is 1. The Kier molecular flexibility index (Phi) is 7.15. The van der Waals surface area contributed by atoms with Crippen molar-refractivity contribution in [2.45, 2.75) is 52.1 Å². The molecule has 8 heteroatoms. The van der Waals surface area contributed by atoms with Crippen molar-refractivity contribution in [3.8, 4) is 0 Å². The van der Waals surface area contributed by atoms with Gasteiger partial charge in [-0.1, -0.05) is 36.4 Å². The van der Waals surface area contributed by atoms with E-state index in [1.54, 1.807) is 18.3 Å². The van der Waals surface area contributed by atoms with Crippen LogP contribution in [0.15, 0.2) is 54.1 Å². The topological polar surface area (TPSA) is 89.9 Å². The minimum atomic E-state index is -0.640. The lowest BCUT2D eigenvalue weighted by Gasteiger charge is -2.32. The van der Waals surface area contributed by atoms with E-state index in [0.717, 1.165) is 11.1 Å². The number of rotatable bonds is 7. The fraction of sp³-hybridized carbons (Fsp3) is 0.391. The summed E-state index contributed by atoms with van der Waals surface area (Å²) in [6.07, 6.45) is 2.89. The van der Waals surface area contributed by atoms with Crippen molar-refractivity contribution in [3.05, 3.63) is 71.0 Å². The first-order valence-electron chi connectivity index (χ1n) is 10.3. The maximum Gasteiger partial charge on any atom is 0.492 e. The molecule has 0 aliphatic carbocycles. The summed E-state index contributed by atoms with van der Waals surface area (Å²) < 4.78 is 17.6. The Bertz CT molecular complexity index is 897. The first-order chi connectivity index (χ1) is 14.7. The molecular weight excluding hydrogens is 395 g/mol. The second-order valence-electron chi connectivity index (χ2n) is 8.47. The average molecular weight is 424 g/mol. The number of amides is 1. The Morgan fingerprint density at radius 2 is 1.77 bits per heavy atom. The Morgan fingerprint density at radius 1 is 1.10 bits per heavy atom. The summed E-state index contributed by atoms with van der Waals surface area (Å²) in [7, 11) is -0.640. The lowest BCUT2D eigenvalue weighted by Crippen LogP contribution is -2.41. The quantitative estimate of drug-likeness (QED) is 0.662. The number of alkyl carbamates (subject to hydrolysis) is 1. The molecule has 1 amide bonds. The molecule has 2 N–H and O–H groups in total. The number of nitrogens with zero attached hydrogens (tertiary/aromatic N) is 1. The van der Waals surface area contributed by atoms with Crippen LogP contribution in [0.1, 0.15) is 44.5 Å². The van der Waals surface area contributed by atoms with E-state index in [1.807, 2.05) is 64.1 Å². The summed E-state index contributed by atoms with van der Waals surface area (Å²) in [6, 6.07) is 13.1. The normalized spacial score (nSPS) is 17.5. The monoisotopic (exact) mass is 424 g/mol. The van der Waals surface area contributed by atoms with Gasteiger partial charge >= 0.3 is 13.2 Å². The van der Waals surface area contributed by atoms with Gasteiger partial charge in [0.25, 0.3) is 0 Å². The second-order valence-corrected chi connectivity index (χ2v) is 8.47. The van der Waals surface area contributed by atoms with Crippen molar-refractivity contribution in [3.63, 3.8) is 0 Å². The van der Waals surface area contributed by atoms with Crippen molar-refractivity contribution >= 4 is 19.3 Å². The predicted molar refractivity (Wildman–Crippen MR) is 119 cm³/mol. The Hall–Kier alpha value is -2.68. The first kappa shape index (κ1) is 23.0. The number of aliphatic hydroxyl groups excluding tert-OH is 1. The van der Waals surface area contributed by atoms with Gasteiger partial charge in [-0.2, -0.15) is 0 Å². The predicted octanol–water partition coefficient (Wildman–Crippen LogP) is 3.52. The van der Waals surface area contributed by atoms with Gasteiger partial charge in [-0.25, -0.2) is 4.79 Å². The number of hydrogen-bond donors (Lipinski definition) is 2. The van der Waals surface area contributed by atoms with E-state index in [1.165, 1.54) is 0 Å². The molecular formula is C23H29BN2O5. The number of hydrogen-bond acceptors (Lipinski definition) is 6. The molecule has 0 spiro atoms. The highest BCUT2D eigenvalue weighted by atomic mass is 16.7. The van der Waals surface area contributed by atoms with Crippen LogP contribution in [-0.4, -0.2) is 41.0 Å². The summed E-state index contributed by atoms with van der Waals surface area (Å²) in [5.74, 6) is 0. The SMILES string of the molecule is CC1(C)OB(C(=Cc2ccc(CO)cn2)CNC(=O)OCc2ccccc2)OC1(C)C. The van der Waals surface area contributed by atoms with E-state index >= 15 is 0 Å². The largest absolute Gasteiger partial charge is 0.492 e. The van der Waals surface area contributed by atoms with E-state index in [2.05, 4.69) is 10.3 Å². The van der Waals surface area contributed by atoms with E-state index in [4.69, 9.17) is 14.0 Å². The molecule has 2 heterocycles. The third-order valence-corrected chi connectivity index (χ3v) is 5.57. The molecule has 1 aliphatic rings. The molecule has 0 unspecified atom stereocenters. The Balaban J connectivity index is 1.71. The van der Waals surface area contributed by atoms with Gasteiger partial charge in [0.15, 0.2) is 0 Å². The van der Waals surface area contributed by atoms with E-state index in [9.17, 15) is 9.90 Å². The van der Waals surface area contributed by atoms with Crippen LogP contribution >= 0.6 is 0 Å². The Morgan fingerprint density at radius 3 is 2.35 bits per heavy atom. The molecule has 1 aromatic carbocycles. The van der Waals surface area contributed by atoms with Crippen molar-refractivity contribution < 1.29 is 23.9 Å². The lowest BCUT2D eigenvalue weighted by molar-refractivity contribution is 0.00578. The Labute approximate surface area is 183 Å². The van der Waals surface area contributed by atoms with Gasteiger partial charge in [0.05, 0.1) is 23.5 Å². The molecule has 0 bridgehead atoms. The van der Waals surface area contributed by atoms with Crippen molar-refractivity contribution in [2.75, 3.05) is 6.54 Å². The zero-order valence-electron chi connectivity index (χ0n) is 18.4. The smallest absolute Gasteiger partial charge is 0.445 e. The zero-order valence-corrected chi connectivity index (χ0v) is 18.4. The number of aliphatic hydroxyl groups is 1. The number of benzene rings is 1. The van der Waals surface area contributed by atoms with Gasteiger partial charge in [-0.15, -0.1) is 0 Å². The number of carbonyl (C=O) groups is 1. The van der Waals surface area contributed by atoms with Crippen LogP contribution in [0, 0.1) is 0 Å². The van der Waals surface area contributed by atoms with Crippen LogP contribution in [-0.2, 0) is 27.3 Å². The number of aromatic nitrogens is 1. The highest BCUT2D eigenvalue weighted by Crippen LogP contribution is 2.38. The molecule has 0 atom stereocenters. The number of nitrogens with one attached hydrogen (secondary N) is 1. The molecule has 7 nitrogen and oxygen atoms in total. The summed E-state index contributed by atoms with van der Waals surface area (Å²) in [4.78, 5) is 16.6. The first-order valence-corrected chi connectivity index (χ1v) is 10.3. The molecule has 1 saturated heterocycles. The minimum absolute atomic E-state index is 0.0735. The molecule has 0 radical (unpaired) electrons. The van der Waals surface area contributed by atoms with Gasteiger partial charge in [-0.05, 0) is 56.4 Å². The third kappa shape index (κ3) is 5.94. The minimum Gasteiger partial charge on any atom is -0.445 e. The molecule has 0 saturated carbocycles. The van der Waals surface area contributed by atoms with Crippen molar-refractivity contribution in [2.24, 2.45) is 0 Å². The van der Waals surface area contributed by atoms with E-state index in [0.29, 0.717) is 11.2 Å². The van der Waals surface area contributed by atoms with Gasteiger partial charge < -0.3 is 24.5 Å². The molecule has 2 aromatic rings. The second kappa shape index (κ2) is 9.64. The van der Waals surface area contributed by atoms with Crippen molar-refractivity contribution in [1.29, 1.82) is 0 Å². The van der Waals surface area contributed by atoms with Gasteiger partial charge in [0.2, 0.25) is 0 Å². The summed E-state index contributed by atoms with van der Waals surface area (Å²) in [6.45, 7) is 8.18. The van der Waals surface area contributed by atoms with Crippen LogP contribution in [0.2, 0.25) is 0 Å².